The molecule has 1 aliphatic rings. The largest absolute Gasteiger partial charge is 0.490 e. The van der Waals surface area contributed by atoms with Gasteiger partial charge in [-0.25, -0.2) is 0 Å². The van der Waals surface area contributed by atoms with Gasteiger partial charge in [0.05, 0.1) is 18.6 Å². The van der Waals surface area contributed by atoms with Crippen LogP contribution in [0.5, 0.6) is 5.75 Å². The summed E-state index contributed by atoms with van der Waals surface area (Å²) in [5.74, 6) is 1.64. The predicted octanol–water partition coefficient (Wildman–Crippen LogP) is 5.82. The average Bonchev–Trinajstić information content (AvgIpc) is 2.73. The van der Waals surface area contributed by atoms with E-state index >= 15 is 0 Å². The van der Waals surface area contributed by atoms with E-state index in [1.165, 1.54) is 16.3 Å². The maximum atomic E-state index is 11.9. The van der Waals surface area contributed by atoms with Crippen molar-refractivity contribution < 1.29 is 14.3 Å². The zero-order valence-corrected chi connectivity index (χ0v) is 19.0. The summed E-state index contributed by atoms with van der Waals surface area (Å²) in [6.07, 6.45) is 4.17. The summed E-state index contributed by atoms with van der Waals surface area (Å²) >= 11 is 0. The van der Waals surface area contributed by atoms with Gasteiger partial charge in [-0.05, 0) is 86.1 Å². The van der Waals surface area contributed by atoms with Crippen LogP contribution in [0.15, 0.2) is 36.4 Å². The van der Waals surface area contributed by atoms with Crippen LogP contribution in [0.25, 0.3) is 10.8 Å². The molecule has 4 heteroatoms. The fraction of sp³-hybridized carbons (Fsp3) is 0.577. The topological polar surface area (TPSA) is 38.8 Å². The summed E-state index contributed by atoms with van der Waals surface area (Å²) in [5.41, 5.74) is 1.32. The predicted molar refractivity (Wildman–Crippen MR) is 123 cm³/mol. The van der Waals surface area contributed by atoms with Crippen LogP contribution in [0, 0.1) is 11.8 Å². The lowest BCUT2D eigenvalue weighted by Gasteiger charge is -2.30. The summed E-state index contributed by atoms with van der Waals surface area (Å²) in [6, 6.07) is 13.1. The lowest BCUT2D eigenvalue weighted by atomic mass is 9.96. The SMILES string of the molecule is CCOC(=O)C1CCN(Cc2ccc3cc(OC(CC)CC(C)C)ccc3c2)CC1. The smallest absolute Gasteiger partial charge is 0.309 e. The zero-order valence-electron chi connectivity index (χ0n) is 19.0. The van der Waals surface area contributed by atoms with Crippen molar-refractivity contribution in [3.05, 3.63) is 42.0 Å². The van der Waals surface area contributed by atoms with Gasteiger partial charge >= 0.3 is 5.97 Å². The molecular weight excluding hydrogens is 374 g/mol. The number of nitrogens with zero attached hydrogens (tertiary/aromatic N) is 1. The van der Waals surface area contributed by atoms with Gasteiger partial charge in [0.25, 0.3) is 0 Å². The van der Waals surface area contributed by atoms with Crippen molar-refractivity contribution in [3.8, 4) is 5.75 Å². The minimum atomic E-state index is -0.0282. The molecule has 1 heterocycles. The van der Waals surface area contributed by atoms with Crippen molar-refractivity contribution in [1.82, 2.24) is 4.90 Å². The molecule has 3 rings (SSSR count). The molecule has 1 atom stereocenters. The number of likely N-dealkylation sites (tertiary alicyclic amines) is 1. The van der Waals surface area contributed by atoms with E-state index in [9.17, 15) is 4.79 Å². The number of fused-ring (bicyclic) bond motifs is 1. The van der Waals surface area contributed by atoms with Gasteiger partial charge in [0, 0.05) is 6.54 Å². The van der Waals surface area contributed by atoms with Gasteiger partial charge in [-0.1, -0.05) is 39.0 Å². The highest BCUT2D eigenvalue weighted by Crippen LogP contribution is 2.26. The van der Waals surface area contributed by atoms with Crippen LogP contribution in [0.1, 0.15) is 58.9 Å². The van der Waals surface area contributed by atoms with E-state index in [-0.39, 0.29) is 18.0 Å². The van der Waals surface area contributed by atoms with Gasteiger partial charge in [-0.15, -0.1) is 0 Å². The standard InChI is InChI=1S/C26H37NO3/c1-5-24(15-19(3)4)30-25-10-9-22-16-20(7-8-23(22)17-25)18-27-13-11-21(12-14-27)26(28)29-6-2/h7-10,16-17,19,21,24H,5-6,11-15,18H2,1-4H3. The Morgan fingerprint density at radius 3 is 2.43 bits per heavy atom. The number of carbonyl (C=O) groups excluding carboxylic acids is 1. The molecule has 4 nitrogen and oxygen atoms in total. The van der Waals surface area contributed by atoms with Crippen LogP contribution < -0.4 is 4.74 Å². The lowest BCUT2D eigenvalue weighted by molar-refractivity contribution is -0.149. The molecule has 1 saturated heterocycles. The highest BCUT2D eigenvalue weighted by Gasteiger charge is 2.25. The number of benzene rings is 2. The molecule has 0 amide bonds. The fourth-order valence-electron chi connectivity index (χ4n) is 4.31. The summed E-state index contributed by atoms with van der Waals surface area (Å²) in [4.78, 5) is 14.4. The average molecular weight is 412 g/mol. The monoisotopic (exact) mass is 411 g/mol. The third kappa shape index (κ3) is 6.21. The quantitative estimate of drug-likeness (QED) is 0.488. The molecule has 2 aromatic carbocycles. The number of rotatable bonds is 9. The number of ether oxygens (including phenoxy) is 2. The van der Waals surface area contributed by atoms with Gasteiger partial charge in [0.15, 0.2) is 0 Å². The molecule has 30 heavy (non-hydrogen) atoms. The Morgan fingerprint density at radius 2 is 1.77 bits per heavy atom. The van der Waals surface area contributed by atoms with Crippen LogP contribution >= 0.6 is 0 Å². The van der Waals surface area contributed by atoms with Gasteiger partial charge < -0.3 is 9.47 Å². The van der Waals surface area contributed by atoms with Crippen LogP contribution in [-0.2, 0) is 16.1 Å². The van der Waals surface area contributed by atoms with Crippen molar-refractivity contribution in [2.45, 2.75) is 66.0 Å². The van der Waals surface area contributed by atoms with Gasteiger partial charge in [-0.3, -0.25) is 9.69 Å². The highest BCUT2D eigenvalue weighted by molar-refractivity contribution is 5.84. The van der Waals surface area contributed by atoms with Crippen molar-refractivity contribution in [1.29, 1.82) is 0 Å². The molecule has 0 bridgehead atoms. The molecule has 2 aromatic rings. The number of esters is 1. The molecule has 0 radical (unpaired) electrons. The van der Waals surface area contributed by atoms with Gasteiger partial charge in [-0.2, -0.15) is 0 Å². The van der Waals surface area contributed by atoms with Crippen LogP contribution in [0.2, 0.25) is 0 Å². The van der Waals surface area contributed by atoms with Gasteiger partial charge in [0.2, 0.25) is 0 Å². The molecule has 164 valence electrons. The second kappa shape index (κ2) is 10.8. The van der Waals surface area contributed by atoms with E-state index in [4.69, 9.17) is 9.47 Å². The zero-order chi connectivity index (χ0) is 21.5. The Bertz CT molecular complexity index is 824. The number of piperidine rings is 1. The minimum Gasteiger partial charge on any atom is -0.490 e. The first kappa shape index (κ1) is 22.6. The minimum absolute atomic E-state index is 0.0282. The maximum Gasteiger partial charge on any atom is 0.309 e. The Kier molecular flexibility index (Phi) is 8.15. The van der Waals surface area contributed by atoms with Gasteiger partial charge in [0.1, 0.15) is 5.75 Å². The molecule has 0 N–H and O–H groups in total. The fourth-order valence-corrected chi connectivity index (χ4v) is 4.31. The Balaban J connectivity index is 1.59. The normalized spacial score (nSPS) is 16.7. The van der Waals surface area contributed by atoms with E-state index in [1.807, 2.05) is 6.92 Å². The molecule has 1 aliphatic heterocycles. The summed E-state index contributed by atoms with van der Waals surface area (Å²) in [6.45, 7) is 11.8. The van der Waals surface area contributed by atoms with E-state index in [0.717, 1.165) is 51.1 Å². The Morgan fingerprint density at radius 1 is 1.07 bits per heavy atom. The van der Waals surface area contributed by atoms with Crippen molar-refractivity contribution in [3.63, 3.8) is 0 Å². The van der Waals surface area contributed by atoms with Crippen LogP contribution in [0.3, 0.4) is 0 Å². The third-order valence-corrected chi connectivity index (χ3v) is 5.98. The van der Waals surface area contributed by atoms with E-state index < -0.39 is 0 Å². The van der Waals surface area contributed by atoms with E-state index in [1.54, 1.807) is 0 Å². The van der Waals surface area contributed by atoms with E-state index in [2.05, 4.69) is 62.1 Å². The summed E-state index contributed by atoms with van der Waals surface area (Å²) in [7, 11) is 0. The first-order chi connectivity index (χ1) is 14.5. The molecular formula is C26H37NO3. The number of carbonyl (C=O) groups is 1. The van der Waals surface area contributed by atoms with Crippen molar-refractivity contribution >= 4 is 16.7 Å². The summed E-state index contributed by atoms with van der Waals surface area (Å²) < 4.78 is 11.4. The van der Waals surface area contributed by atoms with Crippen molar-refractivity contribution in [2.75, 3.05) is 19.7 Å². The number of hydrogen-bond acceptors (Lipinski definition) is 4. The molecule has 1 fully saturated rings. The third-order valence-electron chi connectivity index (χ3n) is 5.98. The van der Waals surface area contributed by atoms with Crippen LogP contribution in [-0.4, -0.2) is 36.7 Å². The van der Waals surface area contributed by atoms with E-state index in [0.29, 0.717) is 12.5 Å². The molecule has 1 unspecified atom stereocenters. The first-order valence-electron chi connectivity index (χ1n) is 11.6. The Labute approximate surface area is 181 Å². The van der Waals surface area contributed by atoms with Crippen LogP contribution in [0.4, 0.5) is 0 Å². The molecule has 0 aromatic heterocycles. The first-order valence-corrected chi connectivity index (χ1v) is 11.6. The van der Waals surface area contributed by atoms with Crippen molar-refractivity contribution in [2.24, 2.45) is 11.8 Å². The molecule has 0 aliphatic carbocycles. The maximum absolute atomic E-state index is 11.9. The highest BCUT2D eigenvalue weighted by atomic mass is 16.5. The second-order valence-electron chi connectivity index (χ2n) is 8.92. The Hall–Kier alpha value is -2.07. The summed E-state index contributed by atoms with van der Waals surface area (Å²) in [5, 5.41) is 2.47. The lowest BCUT2D eigenvalue weighted by Crippen LogP contribution is -2.36. The number of hydrogen-bond donors (Lipinski definition) is 0. The second-order valence-corrected chi connectivity index (χ2v) is 8.92. The molecule has 0 saturated carbocycles. The molecule has 0 spiro atoms.